The first-order valence-electron chi connectivity index (χ1n) is 5.91. The highest BCUT2D eigenvalue weighted by Gasteiger charge is 2.18. The molecule has 0 bridgehead atoms. The van der Waals surface area contributed by atoms with Gasteiger partial charge in [-0.15, -0.1) is 0 Å². The highest BCUT2D eigenvalue weighted by molar-refractivity contribution is 9.10. The van der Waals surface area contributed by atoms with Crippen molar-refractivity contribution in [3.63, 3.8) is 0 Å². The van der Waals surface area contributed by atoms with E-state index in [2.05, 4.69) is 15.9 Å². The van der Waals surface area contributed by atoms with Gasteiger partial charge in [0.25, 0.3) is 0 Å². The van der Waals surface area contributed by atoms with Crippen LogP contribution in [0, 0.1) is 12.7 Å². The summed E-state index contributed by atoms with van der Waals surface area (Å²) in [5.74, 6) is 0.124. The van der Waals surface area contributed by atoms with Crippen molar-refractivity contribution >= 4 is 27.5 Å². The molecule has 0 heterocycles. The quantitative estimate of drug-likeness (QED) is 0.809. The van der Waals surface area contributed by atoms with Gasteiger partial charge in [0.1, 0.15) is 17.7 Å². The van der Waals surface area contributed by atoms with Crippen molar-refractivity contribution in [1.82, 2.24) is 0 Å². The van der Waals surface area contributed by atoms with Crippen LogP contribution in [0.3, 0.4) is 0 Å². The zero-order valence-electron chi connectivity index (χ0n) is 11.0. The lowest BCUT2D eigenvalue weighted by atomic mass is 9.99. The second-order valence-electron chi connectivity index (χ2n) is 4.42. The zero-order chi connectivity index (χ0) is 14.9. The van der Waals surface area contributed by atoms with Crippen LogP contribution in [0.5, 0.6) is 5.75 Å². The number of methoxy groups -OCH3 is 1. The molecule has 2 aromatic rings. The topological polar surface area (TPSA) is 29.5 Å². The second-order valence-corrected chi connectivity index (χ2v) is 5.68. The Balaban J connectivity index is 2.46. The van der Waals surface area contributed by atoms with Gasteiger partial charge in [-0.3, -0.25) is 0 Å². The third kappa shape index (κ3) is 2.97. The summed E-state index contributed by atoms with van der Waals surface area (Å²) in [6.07, 6.45) is -1.10. The molecular formula is C15H13BrClFO2. The molecule has 20 heavy (non-hydrogen) atoms. The maximum absolute atomic E-state index is 13.9. The maximum Gasteiger partial charge on any atom is 0.130 e. The Bertz CT molecular complexity index is 646. The van der Waals surface area contributed by atoms with Crippen molar-refractivity contribution in [3.8, 4) is 5.75 Å². The van der Waals surface area contributed by atoms with Crippen LogP contribution in [0.1, 0.15) is 22.8 Å². The summed E-state index contributed by atoms with van der Waals surface area (Å²) in [4.78, 5) is 0. The lowest BCUT2D eigenvalue weighted by Crippen LogP contribution is -2.04. The number of halogens is 3. The first-order chi connectivity index (χ1) is 9.43. The van der Waals surface area contributed by atoms with Gasteiger partial charge in [-0.05, 0) is 52.2 Å². The van der Waals surface area contributed by atoms with Crippen LogP contribution >= 0.6 is 27.5 Å². The Morgan fingerprint density at radius 2 is 2.00 bits per heavy atom. The van der Waals surface area contributed by atoms with E-state index in [1.165, 1.54) is 12.1 Å². The predicted molar refractivity (Wildman–Crippen MR) is 80.9 cm³/mol. The molecule has 0 aliphatic carbocycles. The number of aryl methyl sites for hydroxylation is 1. The number of hydrogen-bond donors (Lipinski definition) is 1. The Morgan fingerprint density at radius 1 is 1.30 bits per heavy atom. The SMILES string of the molecule is COc1cc(C(O)c2cc(Cl)c(Br)cc2F)ccc1C. The summed E-state index contributed by atoms with van der Waals surface area (Å²) in [7, 11) is 1.55. The number of aliphatic hydroxyl groups is 1. The van der Waals surface area contributed by atoms with Crippen molar-refractivity contribution in [1.29, 1.82) is 0 Å². The predicted octanol–water partition coefficient (Wildman–Crippen LogP) is 4.64. The van der Waals surface area contributed by atoms with E-state index in [1.54, 1.807) is 19.2 Å². The Kier molecular flexibility index (Phi) is 4.68. The number of aliphatic hydroxyl groups excluding tert-OH is 1. The van der Waals surface area contributed by atoms with Gasteiger partial charge < -0.3 is 9.84 Å². The molecule has 0 fully saturated rings. The van der Waals surface area contributed by atoms with Crippen LogP contribution in [0.4, 0.5) is 4.39 Å². The Hall–Kier alpha value is -1.10. The van der Waals surface area contributed by atoms with E-state index in [1.807, 2.05) is 13.0 Å². The van der Waals surface area contributed by atoms with Crippen molar-refractivity contribution < 1.29 is 14.2 Å². The van der Waals surface area contributed by atoms with Crippen LogP contribution in [0.25, 0.3) is 0 Å². The number of ether oxygens (including phenoxy) is 1. The molecular weight excluding hydrogens is 347 g/mol. The number of benzene rings is 2. The molecule has 0 spiro atoms. The maximum atomic E-state index is 13.9. The smallest absolute Gasteiger partial charge is 0.130 e. The Morgan fingerprint density at radius 3 is 2.65 bits per heavy atom. The van der Waals surface area contributed by atoms with Crippen LogP contribution in [0.2, 0.25) is 5.02 Å². The zero-order valence-corrected chi connectivity index (χ0v) is 13.3. The fourth-order valence-electron chi connectivity index (χ4n) is 1.93. The van der Waals surface area contributed by atoms with Gasteiger partial charge in [0.2, 0.25) is 0 Å². The summed E-state index contributed by atoms with van der Waals surface area (Å²) in [6.45, 7) is 1.89. The van der Waals surface area contributed by atoms with Gasteiger partial charge in [0.05, 0.1) is 12.1 Å². The van der Waals surface area contributed by atoms with Crippen LogP contribution in [-0.2, 0) is 0 Å². The standard InChI is InChI=1S/C15H13BrClFO2/c1-8-3-4-9(5-14(8)20-2)15(19)10-6-12(17)11(16)7-13(10)18/h3-7,15,19H,1-2H3. The molecule has 2 rings (SSSR count). The third-order valence-electron chi connectivity index (χ3n) is 3.08. The lowest BCUT2D eigenvalue weighted by molar-refractivity contribution is 0.214. The fourth-order valence-corrected chi connectivity index (χ4v) is 2.42. The first kappa shape index (κ1) is 15.3. The van der Waals surface area contributed by atoms with Gasteiger partial charge in [-0.1, -0.05) is 23.7 Å². The van der Waals surface area contributed by atoms with Gasteiger partial charge in [0, 0.05) is 10.0 Å². The highest BCUT2D eigenvalue weighted by atomic mass is 79.9. The average molecular weight is 360 g/mol. The van der Waals surface area contributed by atoms with Crippen LogP contribution in [0.15, 0.2) is 34.8 Å². The molecule has 5 heteroatoms. The van der Waals surface area contributed by atoms with Crippen molar-refractivity contribution in [2.75, 3.05) is 7.11 Å². The molecule has 1 atom stereocenters. The summed E-state index contributed by atoms with van der Waals surface area (Å²) >= 11 is 9.10. The molecule has 0 saturated carbocycles. The molecule has 0 aromatic heterocycles. The van der Waals surface area contributed by atoms with Gasteiger partial charge >= 0.3 is 0 Å². The van der Waals surface area contributed by atoms with E-state index in [-0.39, 0.29) is 5.56 Å². The largest absolute Gasteiger partial charge is 0.496 e. The van der Waals surface area contributed by atoms with E-state index >= 15 is 0 Å². The van der Waals surface area contributed by atoms with Crippen LogP contribution < -0.4 is 4.74 Å². The number of hydrogen-bond acceptors (Lipinski definition) is 2. The fraction of sp³-hybridized carbons (Fsp3) is 0.200. The monoisotopic (exact) mass is 358 g/mol. The normalized spacial score (nSPS) is 12.3. The van der Waals surface area contributed by atoms with E-state index in [0.717, 1.165) is 5.56 Å². The molecule has 2 nitrogen and oxygen atoms in total. The summed E-state index contributed by atoms with van der Waals surface area (Å²) < 4.78 is 19.6. The van der Waals surface area contributed by atoms with Gasteiger partial charge in [-0.25, -0.2) is 4.39 Å². The van der Waals surface area contributed by atoms with Gasteiger partial charge in [-0.2, -0.15) is 0 Å². The van der Waals surface area contributed by atoms with Crippen molar-refractivity contribution in [2.24, 2.45) is 0 Å². The Labute approximate surface area is 130 Å². The van der Waals surface area contributed by atoms with Crippen molar-refractivity contribution in [3.05, 3.63) is 62.3 Å². The molecule has 0 aliphatic rings. The van der Waals surface area contributed by atoms with Crippen molar-refractivity contribution in [2.45, 2.75) is 13.0 Å². The summed E-state index contributed by atoms with van der Waals surface area (Å²) in [5, 5.41) is 10.7. The van der Waals surface area contributed by atoms with E-state index in [4.69, 9.17) is 16.3 Å². The minimum Gasteiger partial charge on any atom is -0.496 e. The third-order valence-corrected chi connectivity index (χ3v) is 4.28. The molecule has 0 saturated heterocycles. The van der Waals surface area contributed by atoms with E-state index < -0.39 is 11.9 Å². The van der Waals surface area contributed by atoms with Crippen LogP contribution in [-0.4, -0.2) is 12.2 Å². The molecule has 1 unspecified atom stereocenters. The minimum atomic E-state index is -1.10. The lowest BCUT2D eigenvalue weighted by Gasteiger charge is -2.15. The summed E-state index contributed by atoms with van der Waals surface area (Å²) in [6, 6.07) is 7.90. The second kappa shape index (κ2) is 6.12. The average Bonchev–Trinajstić information content (AvgIpc) is 2.42. The molecule has 0 aliphatic heterocycles. The van der Waals surface area contributed by atoms with Gasteiger partial charge in [0.15, 0.2) is 0 Å². The highest BCUT2D eigenvalue weighted by Crippen LogP contribution is 2.33. The van der Waals surface area contributed by atoms with E-state index in [9.17, 15) is 9.50 Å². The molecule has 0 amide bonds. The molecule has 0 radical (unpaired) electrons. The number of rotatable bonds is 3. The molecule has 1 N–H and O–H groups in total. The molecule has 106 valence electrons. The molecule has 2 aromatic carbocycles. The van der Waals surface area contributed by atoms with E-state index in [0.29, 0.717) is 20.8 Å². The first-order valence-corrected chi connectivity index (χ1v) is 7.08. The summed E-state index contributed by atoms with van der Waals surface area (Å²) in [5.41, 5.74) is 1.62. The minimum absolute atomic E-state index is 0.129.